The lowest BCUT2D eigenvalue weighted by Gasteiger charge is -2.22. The number of carbonyl (C=O) groups excluding carboxylic acids is 1. The van der Waals surface area contributed by atoms with Crippen molar-refractivity contribution in [3.05, 3.63) is 53.9 Å². The molecule has 1 aliphatic rings. The maximum absolute atomic E-state index is 12.9. The fourth-order valence-corrected chi connectivity index (χ4v) is 3.04. The summed E-state index contributed by atoms with van der Waals surface area (Å²) in [5.74, 6) is -0.0493. The number of rotatable bonds is 7. The van der Waals surface area contributed by atoms with E-state index in [1.54, 1.807) is 31.2 Å². The van der Waals surface area contributed by atoms with Gasteiger partial charge in [0.2, 0.25) is 0 Å². The Labute approximate surface area is 171 Å². The van der Waals surface area contributed by atoms with Crippen LogP contribution in [-0.2, 0) is 4.79 Å². The Bertz CT molecular complexity index is 956. The van der Waals surface area contributed by atoms with Crippen molar-refractivity contribution in [3.63, 3.8) is 0 Å². The highest BCUT2D eigenvalue weighted by Gasteiger charge is 2.60. The number of alkyl halides is 3. The number of aromatic nitrogens is 1. The van der Waals surface area contributed by atoms with Crippen LogP contribution in [0.3, 0.4) is 0 Å². The molecule has 1 aliphatic carbocycles. The Morgan fingerprint density at radius 2 is 2.07 bits per heavy atom. The molecule has 0 saturated heterocycles. The van der Waals surface area contributed by atoms with Crippen molar-refractivity contribution in [1.82, 2.24) is 10.3 Å². The summed E-state index contributed by atoms with van der Waals surface area (Å²) < 4.78 is 47.2. The van der Waals surface area contributed by atoms with Crippen LogP contribution in [-0.4, -0.2) is 29.3 Å². The van der Waals surface area contributed by atoms with Crippen molar-refractivity contribution in [2.24, 2.45) is 5.92 Å². The summed E-state index contributed by atoms with van der Waals surface area (Å²) in [6, 6.07) is 11.1. The van der Waals surface area contributed by atoms with Gasteiger partial charge in [0.05, 0.1) is 23.5 Å². The average Bonchev–Trinajstić information content (AvgIpc) is 3.37. The molecule has 1 aromatic heterocycles. The lowest BCUT2D eigenvalue weighted by atomic mass is 10.1. The van der Waals surface area contributed by atoms with E-state index in [1.165, 1.54) is 18.3 Å². The number of pyridine rings is 1. The Balaban J connectivity index is 1.65. The Morgan fingerprint density at radius 3 is 2.63 bits per heavy atom. The van der Waals surface area contributed by atoms with Gasteiger partial charge >= 0.3 is 6.18 Å². The quantitative estimate of drug-likeness (QED) is 0.735. The molecule has 158 valence electrons. The zero-order chi connectivity index (χ0) is 21.9. The number of para-hydroxylation sites is 1. The Morgan fingerprint density at radius 1 is 1.37 bits per heavy atom. The second-order valence-electron chi connectivity index (χ2n) is 7.22. The van der Waals surface area contributed by atoms with Crippen molar-refractivity contribution in [1.29, 1.82) is 5.26 Å². The number of nitriles is 1. The maximum atomic E-state index is 12.9. The second kappa shape index (κ2) is 8.22. The predicted molar refractivity (Wildman–Crippen MR) is 101 cm³/mol. The van der Waals surface area contributed by atoms with Crippen molar-refractivity contribution in [3.8, 4) is 17.6 Å². The van der Waals surface area contributed by atoms with Gasteiger partial charge in [0.1, 0.15) is 17.6 Å². The maximum Gasteiger partial charge on any atom is 0.422 e. The molecule has 1 fully saturated rings. The molecule has 6 nitrogen and oxygen atoms in total. The molecule has 30 heavy (non-hydrogen) atoms. The summed E-state index contributed by atoms with van der Waals surface area (Å²) in [7, 11) is 0. The van der Waals surface area contributed by atoms with E-state index in [9.17, 15) is 23.2 Å². The molecule has 3 rings (SSSR count). The predicted octanol–water partition coefficient (Wildman–Crippen LogP) is 3.93. The summed E-state index contributed by atoms with van der Waals surface area (Å²) in [5.41, 5.74) is -0.270. The van der Waals surface area contributed by atoms with Crippen LogP contribution in [0.15, 0.2) is 42.6 Å². The minimum atomic E-state index is -4.43. The lowest BCUT2D eigenvalue weighted by Crippen LogP contribution is -2.43. The first kappa shape index (κ1) is 21.4. The van der Waals surface area contributed by atoms with E-state index < -0.39 is 24.4 Å². The highest BCUT2D eigenvalue weighted by Crippen LogP contribution is 2.47. The van der Waals surface area contributed by atoms with Gasteiger partial charge in [0.25, 0.3) is 5.91 Å². The van der Waals surface area contributed by atoms with Crippen LogP contribution >= 0.6 is 0 Å². The largest absolute Gasteiger partial charge is 0.483 e. The van der Waals surface area contributed by atoms with Crippen molar-refractivity contribution in [2.45, 2.75) is 38.1 Å². The number of nitrogens with zero attached hydrogens (tertiary/aromatic N) is 2. The number of halogens is 3. The summed E-state index contributed by atoms with van der Waals surface area (Å²) in [6.07, 6.45) is -2.75. The van der Waals surface area contributed by atoms with Crippen LogP contribution < -0.4 is 14.8 Å². The smallest absolute Gasteiger partial charge is 0.422 e. The zero-order valence-corrected chi connectivity index (χ0v) is 16.4. The fraction of sp³-hybridized carbons (Fsp3) is 0.381. The molecule has 2 unspecified atom stereocenters. The van der Waals surface area contributed by atoms with Crippen molar-refractivity contribution >= 4 is 5.91 Å². The normalized spacial score (nSPS) is 21.3. The van der Waals surface area contributed by atoms with Gasteiger partial charge in [-0.1, -0.05) is 19.1 Å². The van der Waals surface area contributed by atoms with E-state index in [2.05, 4.69) is 15.0 Å². The first-order chi connectivity index (χ1) is 14.1. The monoisotopic (exact) mass is 419 g/mol. The molecular formula is C21H20F3N3O3. The molecule has 0 radical (unpaired) electrons. The molecule has 1 heterocycles. The molecule has 0 aliphatic heterocycles. The molecule has 1 saturated carbocycles. The first-order valence-corrected chi connectivity index (χ1v) is 9.29. The van der Waals surface area contributed by atoms with Gasteiger partial charge < -0.3 is 14.8 Å². The van der Waals surface area contributed by atoms with Gasteiger partial charge in [-0.05, 0) is 31.2 Å². The molecule has 2 aromatic rings. The number of benzene rings is 1. The van der Waals surface area contributed by atoms with E-state index in [0.717, 1.165) is 0 Å². The van der Waals surface area contributed by atoms with E-state index in [1.807, 2.05) is 13.0 Å². The molecule has 1 aromatic carbocycles. The summed E-state index contributed by atoms with van der Waals surface area (Å²) in [5, 5.41) is 12.1. The van der Waals surface area contributed by atoms with E-state index in [0.29, 0.717) is 23.4 Å². The van der Waals surface area contributed by atoms with Crippen LogP contribution in [0.2, 0.25) is 0 Å². The van der Waals surface area contributed by atoms with Crippen LogP contribution in [0.5, 0.6) is 11.5 Å². The van der Waals surface area contributed by atoms with Gasteiger partial charge in [-0.15, -0.1) is 0 Å². The molecule has 0 spiro atoms. The van der Waals surface area contributed by atoms with Crippen LogP contribution in [0.25, 0.3) is 0 Å². The van der Waals surface area contributed by atoms with E-state index >= 15 is 0 Å². The van der Waals surface area contributed by atoms with Crippen LogP contribution in [0.4, 0.5) is 13.2 Å². The molecule has 0 bridgehead atoms. The van der Waals surface area contributed by atoms with Gasteiger partial charge in [-0.3, -0.25) is 9.78 Å². The SMILES string of the molecule is CC1CC1(Oc1ccccc1C#N)C(=O)N[C@H](C)c1ccc(OCC(F)(F)F)cn1. The lowest BCUT2D eigenvalue weighted by molar-refractivity contribution is -0.153. The van der Waals surface area contributed by atoms with Gasteiger partial charge in [-0.25, -0.2) is 0 Å². The van der Waals surface area contributed by atoms with Gasteiger partial charge in [0.15, 0.2) is 12.2 Å². The standard InChI is InChI=1S/C21H20F3N3O3/c1-13-9-20(13,30-18-6-4-3-5-15(18)10-25)19(28)27-14(2)17-8-7-16(11-26-17)29-12-21(22,23)24/h3-8,11,13-14H,9,12H2,1-2H3,(H,27,28)/t13?,14-,20?/m1/s1. The molecule has 3 atom stereocenters. The van der Waals surface area contributed by atoms with E-state index in [-0.39, 0.29) is 17.6 Å². The van der Waals surface area contributed by atoms with Gasteiger partial charge in [0, 0.05) is 12.3 Å². The minimum Gasteiger partial charge on any atom is -0.483 e. The third kappa shape index (κ3) is 4.82. The number of hydrogen-bond donors (Lipinski definition) is 1. The number of amides is 1. The third-order valence-corrected chi connectivity index (χ3v) is 4.88. The summed E-state index contributed by atoms with van der Waals surface area (Å²) >= 11 is 0. The number of hydrogen-bond acceptors (Lipinski definition) is 5. The number of nitrogens with one attached hydrogen (secondary N) is 1. The summed E-state index contributed by atoms with van der Waals surface area (Å²) in [4.78, 5) is 17.0. The second-order valence-corrected chi connectivity index (χ2v) is 7.22. The van der Waals surface area contributed by atoms with Gasteiger partial charge in [-0.2, -0.15) is 18.4 Å². The number of carbonyl (C=O) groups is 1. The highest BCUT2D eigenvalue weighted by atomic mass is 19.4. The minimum absolute atomic E-state index is 0.0154. The van der Waals surface area contributed by atoms with Crippen LogP contribution in [0, 0.1) is 17.2 Å². The van der Waals surface area contributed by atoms with Crippen molar-refractivity contribution in [2.75, 3.05) is 6.61 Å². The average molecular weight is 419 g/mol. The molecule has 1 N–H and O–H groups in total. The number of ether oxygens (including phenoxy) is 2. The topological polar surface area (TPSA) is 84.2 Å². The molecule has 1 amide bonds. The van der Waals surface area contributed by atoms with E-state index in [4.69, 9.17) is 4.74 Å². The zero-order valence-electron chi connectivity index (χ0n) is 16.4. The Hall–Kier alpha value is -3.28. The van der Waals surface area contributed by atoms with Crippen molar-refractivity contribution < 1.29 is 27.4 Å². The summed E-state index contributed by atoms with van der Waals surface area (Å²) in [6.45, 7) is 2.19. The fourth-order valence-electron chi connectivity index (χ4n) is 3.04. The Kier molecular flexibility index (Phi) is 5.87. The molecule has 9 heteroatoms. The highest BCUT2D eigenvalue weighted by molar-refractivity contribution is 5.89. The molecular weight excluding hydrogens is 399 g/mol. The van der Waals surface area contributed by atoms with Crippen LogP contribution in [0.1, 0.15) is 37.6 Å². The third-order valence-electron chi connectivity index (χ3n) is 4.88. The first-order valence-electron chi connectivity index (χ1n) is 9.29.